The Kier molecular flexibility index (Phi) is 5.53. The van der Waals surface area contributed by atoms with Crippen molar-refractivity contribution in [3.63, 3.8) is 0 Å². The molecule has 1 aliphatic carbocycles. The van der Waals surface area contributed by atoms with Gasteiger partial charge in [0.1, 0.15) is 11.4 Å². The second-order valence-electron chi connectivity index (χ2n) is 8.83. The van der Waals surface area contributed by atoms with E-state index in [1.165, 1.54) is 37.5 Å². The molecule has 37 heavy (non-hydrogen) atoms. The number of nitrogens with one attached hydrogen (secondary N) is 1. The molecule has 1 saturated heterocycles. The molecule has 2 aromatic rings. The third-order valence-electron chi connectivity index (χ3n) is 7.03. The maximum Gasteiger partial charge on any atom is 0.330 e. The van der Waals surface area contributed by atoms with Gasteiger partial charge in [0.25, 0.3) is 0 Å². The molecule has 2 heterocycles. The predicted molar refractivity (Wildman–Crippen MR) is 133 cm³/mol. The van der Waals surface area contributed by atoms with Crippen molar-refractivity contribution in [3.8, 4) is 29.9 Å². The Bertz CT molecular complexity index is 1560. The molecule has 0 aromatic heterocycles. The van der Waals surface area contributed by atoms with Crippen molar-refractivity contribution in [1.29, 1.82) is 0 Å². The molecule has 2 aromatic carbocycles. The molecule has 184 valence electrons. The number of esters is 1. The second-order valence-corrected chi connectivity index (χ2v) is 8.83. The number of allylic oxidation sites excluding steroid dienone is 2. The number of terminal acetylenes is 1. The Morgan fingerprint density at radius 2 is 1.89 bits per heavy atom. The van der Waals surface area contributed by atoms with Gasteiger partial charge in [-0.2, -0.15) is 0 Å². The van der Waals surface area contributed by atoms with Crippen LogP contribution < -0.4 is 5.32 Å². The average molecular weight is 495 g/mol. The molecule has 8 nitrogen and oxygen atoms in total. The first kappa shape index (κ1) is 24.1. The topological polar surface area (TPSA) is 125 Å². The Labute approximate surface area is 212 Å². The molecule has 5 rings (SSSR count). The number of anilines is 1. The number of phenols is 1. The molecule has 0 radical (unpaired) electrons. The number of carbonyl (C=O) groups is 3. The number of fused-ring (bicyclic) bond motifs is 6. The number of aliphatic hydroxyl groups excluding tert-OH is 1. The van der Waals surface area contributed by atoms with Crippen LogP contribution >= 0.6 is 0 Å². The second kappa shape index (κ2) is 8.49. The number of methoxy groups -OCH3 is 1. The third kappa shape index (κ3) is 3.24. The van der Waals surface area contributed by atoms with E-state index in [1.807, 2.05) is 0 Å². The lowest BCUT2D eigenvalue weighted by atomic mass is 9.72. The normalized spacial score (nSPS) is 23.8. The molecule has 3 N–H and O–H groups in total. The highest BCUT2D eigenvalue weighted by molar-refractivity contribution is 6.31. The summed E-state index contributed by atoms with van der Waals surface area (Å²) in [6, 6.07) is 7.68. The van der Waals surface area contributed by atoms with Crippen molar-refractivity contribution in [2.75, 3.05) is 19.0 Å². The first-order valence-corrected chi connectivity index (χ1v) is 11.3. The fourth-order valence-corrected chi connectivity index (χ4v) is 5.26. The van der Waals surface area contributed by atoms with E-state index in [0.717, 1.165) is 0 Å². The van der Waals surface area contributed by atoms with Gasteiger partial charge < -0.3 is 25.0 Å². The SMILES string of the molecule is C#C/C=C\C#C[C@@H](O)[C@]12O[C@@]1(/C(C)=C/C(=O)OC)CNc1c2cc(O)c2c1C(=O)c1ccccc1C2=O. The summed E-state index contributed by atoms with van der Waals surface area (Å²) in [7, 11) is 1.24. The number of rotatable bonds is 3. The van der Waals surface area contributed by atoms with Crippen LogP contribution in [-0.4, -0.2) is 53.1 Å². The zero-order valence-corrected chi connectivity index (χ0v) is 19.9. The van der Waals surface area contributed by atoms with E-state index in [0.29, 0.717) is 5.57 Å². The van der Waals surface area contributed by atoms with Gasteiger partial charge in [0.15, 0.2) is 23.3 Å². The van der Waals surface area contributed by atoms with Crippen molar-refractivity contribution >= 4 is 23.2 Å². The third-order valence-corrected chi connectivity index (χ3v) is 7.03. The molecule has 2 aliphatic heterocycles. The summed E-state index contributed by atoms with van der Waals surface area (Å²) in [4.78, 5) is 38.9. The summed E-state index contributed by atoms with van der Waals surface area (Å²) in [5, 5.41) is 25.5. The molecule has 3 aliphatic rings. The minimum absolute atomic E-state index is 0.0100. The van der Waals surface area contributed by atoms with Gasteiger partial charge in [0.05, 0.1) is 30.5 Å². The number of aliphatic hydroxyl groups is 1. The van der Waals surface area contributed by atoms with E-state index in [4.69, 9.17) is 15.9 Å². The first-order chi connectivity index (χ1) is 17.7. The molecular weight excluding hydrogens is 474 g/mol. The van der Waals surface area contributed by atoms with E-state index in [-0.39, 0.29) is 40.0 Å². The van der Waals surface area contributed by atoms with Gasteiger partial charge in [-0.05, 0) is 30.7 Å². The van der Waals surface area contributed by atoms with Crippen LogP contribution in [0.1, 0.15) is 44.3 Å². The Morgan fingerprint density at radius 1 is 1.22 bits per heavy atom. The molecule has 3 atom stereocenters. The average Bonchev–Trinajstić information content (AvgIpc) is 3.62. The fourth-order valence-electron chi connectivity index (χ4n) is 5.26. The van der Waals surface area contributed by atoms with Crippen LogP contribution in [0, 0.1) is 24.2 Å². The molecule has 0 amide bonds. The molecule has 0 saturated carbocycles. The number of ketones is 2. The quantitative estimate of drug-likeness (QED) is 0.166. The predicted octanol–water partition coefficient (Wildman–Crippen LogP) is 2.23. The van der Waals surface area contributed by atoms with Gasteiger partial charge in [-0.25, -0.2) is 4.79 Å². The van der Waals surface area contributed by atoms with E-state index in [1.54, 1.807) is 25.1 Å². The van der Waals surface area contributed by atoms with Crippen LogP contribution in [0.25, 0.3) is 0 Å². The van der Waals surface area contributed by atoms with Crippen molar-refractivity contribution in [2.24, 2.45) is 0 Å². The molecule has 1 fully saturated rings. The van der Waals surface area contributed by atoms with Crippen LogP contribution in [0.3, 0.4) is 0 Å². The highest BCUT2D eigenvalue weighted by atomic mass is 16.6. The number of hydrogen-bond acceptors (Lipinski definition) is 8. The Morgan fingerprint density at radius 3 is 2.54 bits per heavy atom. The van der Waals surface area contributed by atoms with E-state index >= 15 is 0 Å². The maximum atomic E-state index is 13.6. The molecule has 0 bridgehead atoms. The molecule has 0 spiro atoms. The summed E-state index contributed by atoms with van der Waals surface area (Å²) in [6.45, 7) is 1.69. The van der Waals surface area contributed by atoms with Crippen LogP contribution in [0.15, 0.2) is 54.1 Å². The van der Waals surface area contributed by atoms with Gasteiger partial charge in [0, 0.05) is 22.8 Å². The van der Waals surface area contributed by atoms with Crippen molar-refractivity contribution < 1.29 is 34.1 Å². The largest absolute Gasteiger partial charge is 0.507 e. The number of hydrogen-bond donors (Lipinski definition) is 3. The maximum absolute atomic E-state index is 13.6. The Hall–Kier alpha value is -4.63. The highest BCUT2D eigenvalue weighted by Gasteiger charge is 2.77. The van der Waals surface area contributed by atoms with E-state index in [9.17, 15) is 24.6 Å². The Balaban J connectivity index is 1.74. The number of phenolic OH excluding ortho intramolecular Hbond substituents is 1. The summed E-state index contributed by atoms with van der Waals surface area (Å²) in [6.07, 6.45) is 7.73. The lowest BCUT2D eigenvalue weighted by Crippen LogP contribution is -2.44. The zero-order valence-electron chi connectivity index (χ0n) is 19.9. The minimum Gasteiger partial charge on any atom is -0.507 e. The number of benzene rings is 2. The lowest BCUT2D eigenvalue weighted by molar-refractivity contribution is -0.134. The van der Waals surface area contributed by atoms with Crippen molar-refractivity contribution in [1.82, 2.24) is 0 Å². The number of epoxide rings is 1. The van der Waals surface area contributed by atoms with Gasteiger partial charge >= 0.3 is 5.97 Å². The van der Waals surface area contributed by atoms with Gasteiger partial charge in [-0.3, -0.25) is 9.59 Å². The van der Waals surface area contributed by atoms with Crippen LogP contribution in [0.5, 0.6) is 5.75 Å². The molecular formula is C29H21NO7. The standard InChI is InChI=1S/C29H21NO7/c1-4-5-6-7-12-21(32)29-19-14-20(31)23-24(27(35)18-11-9-8-10-17(18)26(23)34)25(19)30-15-28(29,37-29)16(2)13-22(33)36-3/h1,5-6,8-11,13-14,21,30-32H,15H2,2-3H3/b6-5-,16-13+/t21-,28-,29+/m1/s1. The number of carbonyl (C=O) groups excluding carboxylic acids is 3. The minimum atomic E-state index is -1.56. The number of ether oxygens (including phenoxy) is 2. The van der Waals surface area contributed by atoms with Crippen LogP contribution in [-0.2, 0) is 19.9 Å². The van der Waals surface area contributed by atoms with Crippen LogP contribution in [0.2, 0.25) is 0 Å². The van der Waals surface area contributed by atoms with Crippen molar-refractivity contribution in [3.05, 3.63) is 82.0 Å². The van der Waals surface area contributed by atoms with Crippen molar-refractivity contribution in [2.45, 2.75) is 24.2 Å². The van der Waals surface area contributed by atoms with Gasteiger partial charge in [0.2, 0.25) is 0 Å². The first-order valence-electron chi connectivity index (χ1n) is 11.3. The van der Waals surface area contributed by atoms with Gasteiger partial charge in [-0.1, -0.05) is 42.0 Å². The summed E-state index contributed by atoms with van der Waals surface area (Å²) < 4.78 is 11.0. The monoisotopic (exact) mass is 495 g/mol. The van der Waals surface area contributed by atoms with E-state index < -0.39 is 40.6 Å². The summed E-state index contributed by atoms with van der Waals surface area (Å²) >= 11 is 0. The van der Waals surface area contributed by atoms with Crippen LogP contribution in [0.4, 0.5) is 5.69 Å². The fraction of sp³-hybridized carbons (Fsp3) is 0.207. The summed E-state index contributed by atoms with van der Waals surface area (Å²) in [5.41, 5.74) is -1.64. The van der Waals surface area contributed by atoms with Gasteiger partial charge in [-0.15, -0.1) is 6.42 Å². The number of aromatic hydroxyl groups is 1. The smallest absolute Gasteiger partial charge is 0.330 e. The molecule has 8 heteroatoms. The lowest BCUT2D eigenvalue weighted by Gasteiger charge is -2.33. The zero-order chi connectivity index (χ0) is 26.5. The molecule has 0 unspecified atom stereocenters. The summed E-state index contributed by atoms with van der Waals surface area (Å²) in [5.74, 6) is 5.65. The highest BCUT2D eigenvalue weighted by Crippen LogP contribution is 2.66. The van der Waals surface area contributed by atoms with E-state index in [2.05, 4.69) is 23.1 Å².